The highest BCUT2D eigenvalue weighted by atomic mass is 32.1. The van der Waals surface area contributed by atoms with Gasteiger partial charge in [0.25, 0.3) is 6.21 Å². The number of carbonyl (C=O) groups excluding carboxylic acids is 1. The molecule has 0 radical (unpaired) electrons. The van der Waals surface area contributed by atoms with E-state index in [1.54, 1.807) is 42.6 Å². The number of esters is 1. The Morgan fingerprint density at radius 3 is 2.31 bits per heavy atom. The predicted molar refractivity (Wildman–Crippen MR) is 130 cm³/mol. The average molecular weight is 445 g/mol. The quantitative estimate of drug-likeness (QED) is 0.106. The fourth-order valence-corrected chi connectivity index (χ4v) is 2.95. The lowest BCUT2D eigenvalue weighted by molar-refractivity contribution is 0.0734. The topological polar surface area (TPSA) is 62.0 Å². The van der Waals surface area contributed by atoms with E-state index in [1.807, 2.05) is 36.4 Å². The minimum Gasteiger partial charge on any atom is -0.494 e. The number of unbranched alkanes of at least 4 members (excludes halogenated alkanes) is 2. The third kappa shape index (κ3) is 7.27. The highest BCUT2D eigenvalue weighted by molar-refractivity contribution is 7.46. The molecular weight excluding hydrogens is 420 g/mol. The van der Waals surface area contributed by atoms with Gasteiger partial charge in [-0.05, 0) is 60.5 Å². The van der Waals surface area contributed by atoms with Crippen LogP contribution in [-0.4, -0.2) is 25.0 Å². The molecule has 32 heavy (non-hydrogen) atoms. The number of nitrogens with zero attached hydrogens (tertiary/aromatic N) is 2. The van der Waals surface area contributed by atoms with Gasteiger partial charge >= 0.3 is 18.4 Å². The maximum Gasteiger partial charge on any atom is 0.403 e. The van der Waals surface area contributed by atoms with Gasteiger partial charge in [0.15, 0.2) is 0 Å². The summed E-state index contributed by atoms with van der Waals surface area (Å²) in [5.41, 5.74) is 2.96. The van der Waals surface area contributed by atoms with Gasteiger partial charge in [-0.2, -0.15) is 12.1 Å². The zero-order valence-electron chi connectivity index (χ0n) is 17.9. The first kappa shape index (κ1) is 23.1. The molecule has 0 spiro atoms. The van der Waals surface area contributed by atoms with Gasteiger partial charge in [-0.15, -0.1) is 5.56 Å². The predicted octanol–water partition coefficient (Wildman–Crippen LogP) is 5.32. The van der Waals surface area contributed by atoms with E-state index in [0.29, 0.717) is 17.9 Å². The molecule has 0 unspecified atom stereocenters. The molecule has 0 aliphatic carbocycles. The largest absolute Gasteiger partial charge is 0.494 e. The Balaban J connectivity index is 1.53. The van der Waals surface area contributed by atoms with Crippen molar-refractivity contribution in [1.29, 1.82) is 0 Å². The SMILES string of the molecule is CCCCCOc1ccc(C(=O)Oc2ccc(C=Nc3ccc([C-]=[N+]=S)cc3)cc2)cc1. The summed E-state index contributed by atoms with van der Waals surface area (Å²) in [6.07, 6.45) is 7.76. The molecule has 3 rings (SSSR count). The van der Waals surface area contributed by atoms with Crippen LogP contribution < -0.4 is 13.5 Å². The lowest BCUT2D eigenvalue weighted by Gasteiger charge is -2.07. The molecule has 6 heteroatoms. The van der Waals surface area contributed by atoms with Crippen LogP contribution in [0.2, 0.25) is 0 Å². The minimum atomic E-state index is -0.413. The fourth-order valence-electron chi connectivity index (χ4n) is 2.84. The summed E-state index contributed by atoms with van der Waals surface area (Å²) in [6.45, 7) is 2.84. The van der Waals surface area contributed by atoms with Crippen LogP contribution in [0.4, 0.5) is 5.69 Å². The van der Waals surface area contributed by atoms with Crippen LogP contribution in [0, 0.1) is 0 Å². The smallest absolute Gasteiger partial charge is 0.403 e. The molecule has 3 aromatic carbocycles. The van der Waals surface area contributed by atoms with Gasteiger partial charge in [0.05, 0.1) is 12.2 Å². The molecule has 0 aromatic heterocycles. The lowest BCUT2D eigenvalue weighted by Crippen LogP contribution is -2.08. The molecule has 162 valence electrons. The van der Waals surface area contributed by atoms with Gasteiger partial charge in [-0.25, -0.2) is 4.79 Å². The van der Waals surface area contributed by atoms with E-state index in [4.69, 9.17) is 9.47 Å². The molecule has 0 fully saturated rings. The van der Waals surface area contributed by atoms with Crippen LogP contribution in [0.1, 0.15) is 47.7 Å². The van der Waals surface area contributed by atoms with E-state index in [9.17, 15) is 4.79 Å². The Bertz CT molecular complexity index is 1090. The van der Waals surface area contributed by atoms with Crippen LogP contribution in [0.25, 0.3) is 0 Å². The zero-order chi connectivity index (χ0) is 22.6. The molecule has 5 nitrogen and oxygen atoms in total. The normalized spacial score (nSPS) is 10.5. The molecule has 0 N–H and O–H groups in total. The fraction of sp³-hybridized carbons (Fsp3) is 0.192. The van der Waals surface area contributed by atoms with E-state index in [2.05, 4.69) is 34.6 Å². The monoisotopic (exact) mass is 444 g/mol. The maximum absolute atomic E-state index is 12.4. The minimum absolute atomic E-state index is 0.413. The molecule has 0 saturated heterocycles. The highest BCUT2D eigenvalue weighted by Gasteiger charge is 2.09. The van der Waals surface area contributed by atoms with Crippen LogP contribution in [0.5, 0.6) is 11.5 Å². The Kier molecular flexibility index (Phi) is 8.87. The first-order valence-electron chi connectivity index (χ1n) is 10.5. The third-order valence-electron chi connectivity index (χ3n) is 4.60. The number of carbonyl (C=O) groups is 1. The number of hydrogen-bond donors (Lipinski definition) is 0. The van der Waals surface area contributed by atoms with Crippen molar-refractivity contribution >= 4 is 36.5 Å². The summed E-state index contributed by atoms with van der Waals surface area (Å²) in [5, 5.41) is 0. The van der Waals surface area contributed by atoms with Crippen LogP contribution in [-0.2, 0) is 12.4 Å². The van der Waals surface area contributed by atoms with Crippen LogP contribution in [0.15, 0.2) is 77.8 Å². The molecule has 0 aliphatic rings. The van der Waals surface area contributed by atoms with Crippen molar-refractivity contribution in [2.45, 2.75) is 26.2 Å². The Morgan fingerprint density at radius 1 is 0.969 bits per heavy atom. The van der Waals surface area contributed by atoms with Crippen molar-refractivity contribution in [2.24, 2.45) is 4.99 Å². The van der Waals surface area contributed by atoms with Gasteiger partial charge in [-0.3, -0.25) is 4.99 Å². The summed E-state index contributed by atoms with van der Waals surface area (Å²) >= 11 is 4.52. The van der Waals surface area contributed by atoms with E-state index in [-0.39, 0.29) is 0 Å². The van der Waals surface area contributed by atoms with Crippen molar-refractivity contribution in [1.82, 2.24) is 4.04 Å². The van der Waals surface area contributed by atoms with Crippen molar-refractivity contribution in [3.05, 3.63) is 89.5 Å². The van der Waals surface area contributed by atoms with E-state index < -0.39 is 5.97 Å². The first-order valence-corrected chi connectivity index (χ1v) is 10.8. The van der Waals surface area contributed by atoms with Gasteiger partial charge in [0.1, 0.15) is 11.5 Å². The summed E-state index contributed by atoms with van der Waals surface area (Å²) < 4.78 is 14.6. The van der Waals surface area contributed by atoms with Crippen LogP contribution in [0.3, 0.4) is 0 Å². The first-order chi connectivity index (χ1) is 15.7. The highest BCUT2D eigenvalue weighted by Crippen LogP contribution is 2.18. The van der Waals surface area contributed by atoms with Crippen molar-refractivity contribution in [3.63, 3.8) is 0 Å². The standard InChI is InChI=1S/C26H24N2O3S/c1-2-3-4-17-30-24-15-9-22(10-16-24)26(29)31-25-13-7-20(8-14-25)18-27-23-11-5-21(6-12-23)19-28-32/h5-16,18H,2-4,17H2,1H3. The summed E-state index contributed by atoms with van der Waals surface area (Å²) in [7, 11) is 0. The van der Waals surface area contributed by atoms with Gasteiger partial charge < -0.3 is 9.47 Å². The number of benzene rings is 3. The van der Waals surface area contributed by atoms with E-state index in [1.165, 1.54) is 0 Å². The second kappa shape index (κ2) is 12.3. The average Bonchev–Trinajstić information content (AvgIpc) is 2.83. The Labute approximate surface area is 193 Å². The molecule has 0 amide bonds. The lowest BCUT2D eigenvalue weighted by atomic mass is 10.2. The Morgan fingerprint density at radius 2 is 1.66 bits per heavy atom. The van der Waals surface area contributed by atoms with Gasteiger partial charge in [0.2, 0.25) is 0 Å². The molecule has 0 bridgehead atoms. The van der Waals surface area contributed by atoms with Gasteiger partial charge in [-0.1, -0.05) is 35.9 Å². The summed E-state index contributed by atoms with van der Waals surface area (Å²) in [4.78, 5) is 16.8. The van der Waals surface area contributed by atoms with Crippen molar-refractivity contribution in [2.75, 3.05) is 6.61 Å². The second-order valence-corrected chi connectivity index (χ2v) is 7.23. The molecule has 0 heterocycles. The third-order valence-corrected chi connectivity index (χ3v) is 4.69. The summed E-state index contributed by atoms with van der Waals surface area (Å²) in [6, 6.07) is 21.6. The number of aliphatic imine (C=N–C) groups is 1. The number of hydrogen-bond acceptors (Lipinski definition) is 5. The number of rotatable bonds is 10. The molecule has 3 aromatic rings. The van der Waals surface area contributed by atoms with E-state index >= 15 is 0 Å². The molecule has 0 aliphatic heterocycles. The van der Waals surface area contributed by atoms with Crippen molar-refractivity contribution in [3.8, 4) is 11.5 Å². The maximum atomic E-state index is 12.4. The second-order valence-electron chi connectivity index (χ2n) is 7.05. The zero-order valence-corrected chi connectivity index (χ0v) is 18.7. The molecule has 0 saturated carbocycles. The molecular formula is C26H24N2O3S. The Hall–Kier alpha value is -3.60. The summed E-state index contributed by atoms with van der Waals surface area (Å²) in [5.74, 6) is 0.807. The van der Waals surface area contributed by atoms with Crippen molar-refractivity contribution < 1.29 is 14.3 Å². The van der Waals surface area contributed by atoms with Crippen LogP contribution >= 0.6 is 0 Å². The number of ether oxygens (including phenoxy) is 2. The van der Waals surface area contributed by atoms with Gasteiger partial charge in [0, 0.05) is 11.9 Å². The van der Waals surface area contributed by atoms with E-state index in [0.717, 1.165) is 41.8 Å². The molecule has 0 atom stereocenters.